The first-order chi connectivity index (χ1) is 28.7. The third-order valence-corrected chi connectivity index (χ3v) is 11.5. The first-order valence-electron chi connectivity index (χ1n) is 19.3. The van der Waals surface area contributed by atoms with Crippen molar-refractivity contribution >= 4 is 0 Å². The molecule has 0 fully saturated rings. The summed E-state index contributed by atoms with van der Waals surface area (Å²) in [5.74, 6) is 3.42. The first kappa shape index (κ1) is 33.4. The van der Waals surface area contributed by atoms with Crippen LogP contribution >= 0.6 is 0 Å². The van der Waals surface area contributed by atoms with E-state index in [4.69, 9.17) is 19.7 Å². The molecule has 1 spiro atoms. The van der Waals surface area contributed by atoms with Crippen LogP contribution in [0.2, 0.25) is 0 Å². The largest absolute Gasteiger partial charge is 0.456 e. The zero-order chi connectivity index (χ0) is 38.6. The molecule has 0 amide bonds. The van der Waals surface area contributed by atoms with Gasteiger partial charge >= 0.3 is 0 Å². The number of benzene rings is 8. The summed E-state index contributed by atoms with van der Waals surface area (Å²) in [6, 6.07) is 68.9. The molecule has 270 valence electrons. The van der Waals surface area contributed by atoms with E-state index >= 15 is 0 Å². The average Bonchev–Trinajstić information content (AvgIpc) is 3.60. The van der Waals surface area contributed by atoms with Gasteiger partial charge in [0.1, 0.15) is 11.5 Å². The van der Waals surface area contributed by atoms with E-state index in [1.54, 1.807) is 0 Å². The Morgan fingerprint density at radius 1 is 0.397 bits per heavy atom. The minimum Gasteiger partial charge on any atom is -0.456 e. The van der Waals surface area contributed by atoms with Crippen molar-refractivity contribution in [3.63, 3.8) is 0 Å². The molecule has 1 aliphatic carbocycles. The molecule has 0 saturated heterocycles. The molecule has 2 aliphatic rings. The number of aromatic nitrogens is 3. The second kappa shape index (κ2) is 13.4. The normalized spacial score (nSPS) is 14.4. The number of fused-ring (bicyclic) bond motifs is 9. The van der Waals surface area contributed by atoms with E-state index in [0.717, 1.165) is 78.3 Å². The van der Waals surface area contributed by atoms with Gasteiger partial charge in [-0.05, 0) is 63.2 Å². The molecule has 9 aromatic rings. The molecule has 0 unspecified atom stereocenters. The van der Waals surface area contributed by atoms with E-state index in [2.05, 4.69) is 133 Å². The SMILES string of the molecule is N#Cc1ccc(-c2cccc3c2Oc2ccccc2[C@]32c3ccccc3-c3c(-c4nc(-c5ccccc5)nc(-c5cccc(-c6ccccc6)c5)n4)cccc32)cc1. The van der Waals surface area contributed by atoms with Crippen molar-refractivity contribution in [1.29, 1.82) is 5.26 Å². The number of rotatable bonds is 5. The monoisotopic (exact) mass is 740 g/mol. The number of para-hydroxylation sites is 2. The lowest BCUT2D eigenvalue weighted by Gasteiger charge is -2.40. The maximum Gasteiger partial charge on any atom is 0.164 e. The zero-order valence-corrected chi connectivity index (χ0v) is 31.2. The first-order valence-corrected chi connectivity index (χ1v) is 19.3. The van der Waals surface area contributed by atoms with Gasteiger partial charge in [-0.15, -0.1) is 0 Å². The number of nitriles is 1. The summed E-state index contributed by atoms with van der Waals surface area (Å²) in [6.07, 6.45) is 0. The smallest absolute Gasteiger partial charge is 0.164 e. The van der Waals surface area contributed by atoms with E-state index in [-0.39, 0.29) is 0 Å². The van der Waals surface area contributed by atoms with Crippen molar-refractivity contribution in [1.82, 2.24) is 15.0 Å². The van der Waals surface area contributed by atoms with Gasteiger partial charge in [0.05, 0.1) is 17.0 Å². The Balaban J connectivity index is 1.17. The van der Waals surface area contributed by atoms with Gasteiger partial charge in [-0.1, -0.05) is 170 Å². The molecule has 0 N–H and O–H groups in total. The van der Waals surface area contributed by atoms with Crippen LogP contribution in [0.3, 0.4) is 0 Å². The molecule has 11 rings (SSSR count). The van der Waals surface area contributed by atoms with Crippen LogP contribution in [0.5, 0.6) is 11.5 Å². The van der Waals surface area contributed by atoms with Crippen LogP contribution in [0.15, 0.2) is 194 Å². The van der Waals surface area contributed by atoms with E-state index in [1.807, 2.05) is 66.7 Å². The summed E-state index contributed by atoms with van der Waals surface area (Å²) in [5, 5.41) is 9.54. The minimum absolute atomic E-state index is 0.601. The average molecular weight is 741 g/mol. The summed E-state index contributed by atoms with van der Waals surface area (Å²) < 4.78 is 6.92. The molecular formula is C53H32N4O. The highest BCUT2D eigenvalue weighted by molar-refractivity contribution is 5.96. The molecule has 1 aliphatic heterocycles. The van der Waals surface area contributed by atoms with Gasteiger partial charge in [-0.3, -0.25) is 0 Å². The highest BCUT2D eigenvalue weighted by Gasteiger charge is 2.52. The van der Waals surface area contributed by atoms with Gasteiger partial charge in [-0.2, -0.15) is 5.26 Å². The fourth-order valence-electron chi connectivity index (χ4n) is 8.92. The molecule has 5 heteroatoms. The van der Waals surface area contributed by atoms with Crippen molar-refractivity contribution in [2.45, 2.75) is 5.41 Å². The quantitative estimate of drug-likeness (QED) is 0.176. The van der Waals surface area contributed by atoms with E-state index < -0.39 is 5.41 Å². The van der Waals surface area contributed by atoms with Crippen LogP contribution in [0.1, 0.15) is 27.8 Å². The zero-order valence-electron chi connectivity index (χ0n) is 31.2. The van der Waals surface area contributed by atoms with Crippen LogP contribution < -0.4 is 4.74 Å². The highest BCUT2D eigenvalue weighted by atomic mass is 16.5. The topological polar surface area (TPSA) is 71.7 Å². The molecule has 8 aromatic carbocycles. The Morgan fingerprint density at radius 2 is 0.948 bits per heavy atom. The molecule has 5 nitrogen and oxygen atoms in total. The van der Waals surface area contributed by atoms with Crippen molar-refractivity contribution < 1.29 is 4.74 Å². The number of hydrogen-bond donors (Lipinski definition) is 0. The summed E-state index contributed by atoms with van der Waals surface area (Å²) in [7, 11) is 0. The number of ether oxygens (including phenoxy) is 1. The summed E-state index contributed by atoms with van der Waals surface area (Å²) >= 11 is 0. The van der Waals surface area contributed by atoms with E-state index in [0.29, 0.717) is 23.0 Å². The van der Waals surface area contributed by atoms with Crippen molar-refractivity contribution in [3.05, 3.63) is 222 Å². The Kier molecular flexibility index (Phi) is 7.70. The van der Waals surface area contributed by atoms with Gasteiger partial charge < -0.3 is 4.74 Å². The summed E-state index contributed by atoms with van der Waals surface area (Å²) in [4.78, 5) is 15.7. The van der Waals surface area contributed by atoms with Crippen LogP contribution in [0.4, 0.5) is 0 Å². The number of nitrogens with zero attached hydrogens (tertiary/aromatic N) is 4. The Hall–Kier alpha value is -7.94. The fraction of sp³-hybridized carbons (Fsp3) is 0.0189. The van der Waals surface area contributed by atoms with Crippen molar-refractivity contribution in [2.75, 3.05) is 0 Å². The van der Waals surface area contributed by atoms with Crippen LogP contribution in [-0.2, 0) is 5.41 Å². The third-order valence-electron chi connectivity index (χ3n) is 11.5. The molecule has 1 atom stereocenters. The van der Waals surface area contributed by atoms with Gasteiger partial charge in [0.15, 0.2) is 17.5 Å². The lowest BCUT2D eigenvalue weighted by molar-refractivity contribution is 0.438. The summed E-state index contributed by atoms with van der Waals surface area (Å²) in [5.41, 5.74) is 13.4. The molecule has 0 bridgehead atoms. The second-order valence-electron chi connectivity index (χ2n) is 14.6. The van der Waals surface area contributed by atoms with E-state index in [9.17, 15) is 5.26 Å². The highest BCUT2D eigenvalue weighted by Crippen LogP contribution is 2.64. The maximum absolute atomic E-state index is 9.54. The van der Waals surface area contributed by atoms with Crippen molar-refractivity contribution in [2.24, 2.45) is 0 Å². The molecule has 1 aromatic heterocycles. The second-order valence-corrected chi connectivity index (χ2v) is 14.6. The Labute approximate surface area is 336 Å². The Morgan fingerprint density at radius 3 is 1.72 bits per heavy atom. The predicted octanol–water partition coefficient (Wildman–Crippen LogP) is 12.5. The van der Waals surface area contributed by atoms with Crippen molar-refractivity contribution in [3.8, 4) is 85.1 Å². The molecular weight excluding hydrogens is 709 g/mol. The van der Waals surface area contributed by atoms with Gasteiger partial charge in [0, 0.05) is 33.4 Å². The van der Waals surface area contributed by atoms with E-state index in [1.165, 1.54) is 5.56 Å². The third kappa shape index (κ3) is 5.13. The minimum atomic E-state index is -0.711. The predicted molar refractivity (Wildman–Crippen MR) is 229 cm³/mol. The van der Waals surface area contributed by atoms with Gasteiger partial charge in [-0.25, -0.2) is 15.0 Å². The molecule has 58 heavy (non-hydrogen) atoms. The summed E-state index contributed by atoms with van der Waals surface area (Å²) in [6.45, 7) is 0. The lowest BCUT2D eigenvalue weighted by Crippen LogP contribution is -2.32. The van der Waals surface area contributed by atoms with Gasteiger partial charge in [0.2, 0.25) is 0 Å². The standard InChI is InChI=1S/C53H32N4O/c54-33-34-28-30-36(31-29-34)40-21-12-26-46-49(40)58-47-27-10-9-24-44(47)53(46)43-23-8-7-20-41(43)48-42(22-13-25-45(48)53)52-56-50(37-16-5-2-6-17-37)55-51(57-52)39-19-11-18-38(32-39)35-14-3-1-4-15-35/h1-32H/t53-/m0/s1. The Bertz CT molecular complexity index is 3100. The lowest BCUT2D eigenvalue weighted by atomic mass is 9.65. The maximum atomic E-state index is 9.54. The molecule has 2 heterocycles. The van der Waals surface area contributed by atoms with Crippen LogP contribution in [0.25, 0.3) is 67.5 Å². The molecule has 0 radical (unpaired) electrons. The van der Waals surface area contributed by atoms with Crippen LogP contribution in [0, 0.1) is 11.3 Å². The fourth-order valence-corrected chi connectivity index (χ4v) is 8.92. The van der Waals surface area contributed by atoms with Crippen LogP contribution in [-0.4, -0.2) is 15.0 Å². The number of hydrogen-bond acceptors (Lipinski definition) is 5. The van der Waals surface area contributed by atoms with Gasteiger partial charge in [0.25, 0.3) is 0 Å². The molecule has 0 saturated carbocycles.